The van der Waals surface area contributed by atoms with Gasteiger partial charge in [0.25, 0.3) is 11.8 Å². The van der Waals surface area contributed by atoms with Crippen molar-refractivity contribution < 1.29 is 18.0 Å². The maximum Gasteiger partial charge on any atom is 0.255 e. The molecule has 31 heavy (non-hydrogen) atoms. The first-order valence-corrected chi connectivity index (χ1v) is 11.0. The van der Waals surface area contributed by atoms with E-state index in [9.17, 15) is 18.0 Å². The van der Waals surface area contributed by atoms with Crippen LogP contribution < -0.4 is 10.6 Å². The van der Waals surface area contributed by atoms with Crippen LogP contribution in [0.25, 0.3) is 0 Å². The Labute approximate surface area is 181 Å². The molecule has 0 unspecified atom stereocenters. The van der Waals surface area contributed by atoms with E-state index in [1.807, 2.05) is 6.07 Å². The lowest BCUT2D eigenvalue weighted by Crippen LogP contribution is -2.27. The lowest BCUT2D eigenvalue weighted by Gasteiger charge is -2.16. The first-order valence-electron chi connectivity index (χ1n) is 9.55. The van der Waals surface area contributed by atoms with E-state index >= 15 is 0 Å². The Morgan fingerprint density at radius 2 is 1.42 bits per heavy atom. The molecule has 2 N–H and O–H groups in total. The standard InChI is InChI=1S/C23H23N3O4S/c1-26(2)31(29,30)21-15-9-6-12-18(21)16-24-23(28)19-13-7-8-14-20(19)25-22(27)17-10-4-3-5-11-17/h3-15H,16H2,1-2H3,(H,24,28)(H,25,27). The smallest absolute Gasteiger partial charge is 0.255 e. The van der Waals surface area contributed by atoms with Crippen molar-refractivity contribution in [3.05, 3.63) is 95.6 Å². The molecule has 2 amide bonds. The molecule has 0 aliphatic rings. The monoisotopic (exact) mass is 437 g/mol. The van der Waals surface area contributed by atoms with E-state index in [2.05, 4.69) is 10.6 Å². The summed E-state index contributed by atoms with van der Waals surface area (Å²) in [6, 6.07) is 21.8. The maximum atomic E-state index is 12.8. The van der Waals surface area contributed by atoms with Crippen molar-refractivity contribution in [2.45, 2.75) is 11.4 Å². The molecule has 0 radical (unpaired) electrons. The molecular weight excluding hydrogens is 414 g/mol. The minimum atomic E-state index is -3.65. The topological polar surface area (TPSA) is 95.6 Å². The largest absolute Gasteiger partial charge is 0.348 e. The Morgan fingerprint density at radius 3 is 2.13 bits per heavy atom. The second-order valence-corrected chi connectivity index (χ2v) is 9.06. The zero-order valence-electron chi connectivity index (χ0n) is 17.2. The van der Waals surface area contributed by atoms with Gasteiger partial charge in [-0.2, -0.15) is 0 Å². The minimum Gasteiger partial charge on any atom is -0.348 e. The molecule has 0 heterocycles. The molecule has 0 saturated heterocycles. The van der Waals surface area contributed by atoms with Gasteiger partial charge in [0.1, 0.15) is 0 Å². The number of para-hydroxylation sites is 1. The summed E-state index contributed by atoms with van der Waals surface area (Å²) in [5, 5.41) is 5.50. The highest BCUT2D eigenvalue weighted by Crippen LogP contribution is 2.20. The van der Waals surface area contributed by atoms with Gasteiger partial charge in [-0.05, 0) is 35.9 Å². The summed E-state index contributed by atoms with van der Waals surface area (Å²) < 4.78 is 26.2. The molecular formula is C23H23N3O4S. The first-order chi connectivity index (χ1) is 14.8. The van der Waals surface area contributed by atoms with Gasteiger partial charge >= 0.3 is 0 Å². The van der Waals surface area contributed by atoms with Crippen LogP contribution in [0, 0.1) is 0 Å². The van der Waals surface area contributed by atoms with Gasteiger partial charge in [-0.15, -0.1) is 0 Å². The quantitative estimate of drug-likeness (QED) is 0.594. The molecule has 3 rings (SSSR count). The summed E-state index contributed by atoms with van der Waals surface area (Å²) in [5.41, 5.74) is 1.58. The van der Waals surface area contributed by atoms with Gasteiger partial charge in [-0.1, -0.05) is 48.5 Å². The van der Waals surface area contributed by atoms with Gasteiger partial charge in [-0.3, -0.25) is 9.59 Å². The number of nitrogens with one attached hydrogen (secondary N) is 2. The molecule has 160 valence electrons. The van der Waals surface area contributed by atoms with Gasteiger partial charge < -0.3 is 10.6 Å². The van der Waals surface area contributed by atoms with Crippen LogP contribution in [-0.4, -0.2) is 38.6 Å². The lowest BCUT2D eigenvalue weighted by molar-refractivity contribution is 0.0951. The van der Waals surface area contributed by atoms with Crippen molar-refractivity contribution in [1.82, 2.24) is 9.62 Å². The second kappa shape index (κ2) is 9.55. The molecule has 7 nitrogen and oxygen atoms in total. The van der Waals surface area contributed by atoms with Crippen LogP contribution >= 0.6 is 0 Å². The molecule has 0 bridgehead atoms. The second-order valence-electron chi connectivity index (χ2n) is 6.94. The van der Waals surface area contributed by atoms with Crippen LogP contribution in [-0.2, 0) is 16.6 Å². The van der Waals surface area contributed by atoms with E-state index in [-0.39, 0.29) is 22.9 Å². The predicted molar refractivity (Wildman–Crippen MR) is 119 cm³/mol. The molecule has 0 aliphatic carbocycles. The van der Waals surface area contributed by atoms with Crippen molar-refractivity contribution >= 4 is 27.5 Å². The van der Waals surface area contributed by atoms with Gasteiger partial charge in [0.15, 0.2) is 0 Å². The molecule has 0 atom stereocenters. The number of amides is 2. The average Bonchev–Trinajstić information content (AvgIpc) is 2.78. The Morgan fingerprint density at radius 1 is 0.806 bits per heavy atom. The number of rotatable bonds is 7. The van der Waals surface area contributed by atoms with Crippen LogP contribution in [0.3, 0.4) is 0 Å². The average molecular weight is 438 g/mol. The Balaban J connectivity index is 1.78. The lowest BCUT2D eigenvalue weighted by atomic mass is 10.1. The SMILES string of the molecule is CN(C)S(=O)(=O)c1ccccc1CNC(=O)c1ccccc1NC(=O)c1ccccc1. The first kappa shape index (κ1) is 22.2. The van der Waals surface area contributed by atoms with E-state index in [0.717, 1.165) is 4.31 Å². The third-order valence-electron chi connectivity index (χ3n) is 4.63. The normalized spacial score (nSPS) is 11.2. The van der Waals surface area contributed by atoms with Crippen molar-refractivity contribution in [2.75, 3.05) is 19.4 Å². The van der Waals surface area contributed by atoms with Crippen molar-refractivity contribution in [2.24, 2.45) is 0 Å². The number of sulfonamides is 1. The third-order valence-corrected chi connectivity index (χ3v) is 6.54. The Hall–Kier alpha value is -3.49. The van der Waals surface area contributed by atoms with Gasteiger partial charge in [0.2, 0.25) is 10.0 Å². The van der Waals surface area contributed by atoms with Crippen LogP contribution in [0.1, 0.15) is 26.3 Å². The van der Waals surface area contributed by atoms with Crippen LogP contribution in [0.2, 0.25) is 0 Å². The molecule has 0 saturated carbocycles. The molecule has 3 aromatic rings. The summed E-state index contributed by atoms with van der Waals surface area (Å²) >= 11 is 0. The fourth-order valence-electron chi connectivity index (χ4n) is 2.94. The van der Waals surface area contributed by atoms with Crippen molar-refractivity contribution in [3.63, 3.8) is 0 Å². The van der Waals surface area contributed by atoms with Crippen molar-refractivity contribution in [1.29, 1.82) is 0 Å². The zero-order valence-corrected chi connectivity index (χ0v) is 18.0. The molecule has 8 heteroatoms. The number of hydrogen-bond acceptors (Lipinski definition) is 4. The summed E-state index contributed by atoms with van der Waals surface area (Å²) in [6.45, 7) is 0.0169. The van der Waals surface area contributed by atoms with Crippen LogP contribution in [0.4, 0.5) is 5.69 Å². The molecule has 0 spiro atoms. The van der Waals surface area contributed by atoms with Gasteiger partial charge in [-0.25, -0.2) is 12.7 Å². The van der Waals surface area contributed by atoms with E-state index in [0.29, 0.717) is 16.8 Å². The Kier molecular flexibility index (Phi) is 6.84. The van der Waals surface area contributed by atoms with E-state index in [4.69, 9.17) is 0 Å². The highest BCUT2D eigenvalue weighted by molar-refractivity contribution is 7.89. The predicted octanol–water partition coefficient (Wildman–Crippen LogP) is 3.12. The highest BCUT2D eigenvalue weighted by atomic mass is 32.2. The summed E-state index contributed by atoms with van der Waals surface area (Å²) in [7, 11) is -0.740. The number of benzene rings is 3. The van der Waals surface area contributed by atoms with Gasteiger partial charge in [0.05, 0.1) is 16.1 Å². The molecule has 0 fully saturated rings. The summed E-state index contributed by atoms with van der Waals surface area (Å²) in [4.78, 5) is 25.4. The fourth-order valence-corrected chi connectivity index (χ4v) is 4.06. The van der Waals surface area contributed by atoms with E-state index < -0.39 is 15.9 Å². The number of anilines is 1. The van der Waals surface area contributed by atoms with E-state index in [1.165, 1.54) is 20.2 Å². The van der Waals surface area contributed by atoms with E-state index in [1.54, 1.807) is 66.7 Å². The highest BCUT2D eigenvalue weighted by Gasteiger charge is 2.21. The third kappa shape index (κ3) is 5.17. The summed E-state index contributed by atoms with van der Waals surface area (Å²) in [5.74, 6) is -0.760. The van der Waals surface area contributed by atoms with Crippen LogP contribution in [0.15, 0.2) is 83.8 Å². The molecule has 0 aliphatic heterocycles. The fraction of sp³-hybridized carbons (Fsp3) is 0.130. The number of carbonyl (C=O) groups is 2. The maximum absolute atomic E-state index is 12.8. The van der Waals surface area contributed by atoms with Gasteiger partial charge in [0, 0.05) is 26.2 Å². The number of hydrogen-bond donors (Lipinski definition) is 2. The Bertz CT molecular complexity index is 1190. The number of nitrogens with zero attached hydrogens (tertiary/aromatic N) is 1. The zero-order chi connectivity index (χ0) is 22.4. The summed E-state index contributed by atoms with van der Waals surface area (Å²) in [6.07, 6.45) is 0. The van der Waals surface area contributed by atoms with Crippen molar-refractivity contribution in [3.8, 4) is 0 Å². The minimum absolute atomic E-state index is 0.0169. The van der Waals surface area contributed by atoms with Crippen LogP contribution in [0.5, 0.6) is 0 Å². The number of carbonyl (C=O) groups excluding carboxylic acids is 2. The molecule has 3 aromatic carbocycles. The molecule has 0 aromatic heterocycles.